The van der Waals surface area contributed by atoms with Crippen LogP contribution in [-0.4, -0.2) is 25.3 Å². The highest BCUT2D eigenvalue weighted by molar-refractivity contribution is 8.02. The van der Waals surface area contributed by atoms with Gasteiger partial charge in [0.15, 0.2) is 0 Å². The predicted octanol–water partition coefficient (Wildman–Crippen LogP) is 1.52. The largest absolute Gasteiger partial charge is 0.306 e. The Kier molecular flexibility index (Phi) is 2.58. The zero-order chi connectivity index (χ0) is 9.31. The molecule has 5 heteroatoms. The van der Waals surface area contributed by atoms with Gasteiger partial charge in [0.05, 0.1) is 23.6 Å². The first-order valence-electron chi connectivity index (χ1n) is 4.32. The van der Waals surface area contributed by atoms with Gasteiger partial charge in [-0.1, -0.05) is 0 Å². The van der Waals surface area contributed by atoms with Gasteiger partial charge < -0.3 is 5.32 Å². The molecule has 1 aliphatic heterocycles. The third kappa shape index (κ3) is 2.03. The molecule has 1 aromatic rings. The highest BCUT2D eigenvalue weighted by atomic mass is 32.2. The molecule has 0 spiro atoms. The van der Waals surface area contributed by atoms with E-state index in [2.05, 4.69) is 27.9 Å². The van der Waals surface area contributed by atoms with E-state index in [1.807, 2.05) is 18.0 Å². The molecule has 1 N–H and O–H groups in total. The molecule has 1 fully saturated rings. The SMILES string of the molecule is CC1(C)SCC1NCc1cnsn1. The Labute approximate surface area is 86.7 Å². The molecule has 1 saturated heterocycles. The summed E-state index contributed by atoms with van der Waals surface area (Å²) in [5.74, 6) is 1.21. The topological polar surface area (TPSA) is 37.8 Å². The predicted molar refractivity (Wildman–Crippen MR) is 57.1 cm³/mol. The van der Waals surface area contributed by atoms with Crippen molar-refractivity contribution in [1.82, 2.24) is 14.1 Å². The Morgan fingerprint density at radius 1 is 1.69 bits per heavy atom. The summed E-state index contributed by atoms with van der Waals surface area (Å²) in [6.45, 7) is 5.40. The maximum absolute atomic E-state index is 4.16. The molecule has 13 heavy (non-hydrogen) atoms. The minimum atomic E-state index is 0.392. The molecule has 1 aliphatic rings. The van der Waals surface area contributed by atoms with Gasteiger partial charge in [-0.3, -0.25) is 0 Å². The smallest absolute Gasteiger partial charge is 0.0880 e. The first kappa shape index (κ1) is 9.43. The van der Waals surface area contributed by atoms with E-state index in [1.165, 1.54) is 17.5 Å². The van der Waals surface area contributed by atoms with E-state index >= 15 is 0 Å². The van der Waals surface area contributed by atoms with Gasteiger partial charge in [0, 0.05) is 23.1 Å². The van der Waals surface area contributed by atoms with E-state index in [9.17, 15) is 0 Å². The molecule has 0 aromatic carbocycles. The van der Waals surface area contributed by atoms with Crippen molar-refractivity contribution in [3.05, 3.63) is 11.9 Å². The number of hydrogen-bond acceptors (Lipinski definition) is 5. The number of aromatic nitrogens is 2. The number of hydrogen-bond donors (Lipinski definition) is 1. The summed E-state index contributed by atoms with van der Waals surface area (Å²) in [4.78, 5) is 0. The van der Waals surface area contributed by atoms with Crippen molar-refractivity contribution in [2.24, 2.45) is 0 Å². The van der Waals surface area contributed by atoms with Crippen LogP contribution in [0.3, 0.4) is 0 Å². The first-order valence-corrected chi connectivity index (χ1v) is 6.04. The van der Waals surface area contributed by atoms with Gasteiger partial charge in [0.2, 0.25) is 0 Å². The summed E-state index contributed by atoms with van der Waals surface area (Å²) >= 11 is 3.28. The second kappa shape index (κ2) is 3.55. The molecule has 0 amide bonds. The lowest BCUT2D eigenvalue weighted by Crippen LogP contribution is -2.54. The molecule has 1 unspecified atom stereocenters. The zero-order valence-corrected chi connectivity index (χ0v) is 9.41. The van der Waals surface area contributed by atoms with Crippen molar-refractivity contribution in [3.63, 3.8) is 0 Å². The van der Waals surface area contributed by atoms with Gasteiger partial charge in [0.25, 0.3) is 0 Å². The van der Waals surface area contributed by atoms with Crippen LogP contribution in [0.1, 0.15) is 19.5 Å². The standard InChI is InChI=1S/C8H13N3S2/c1-8(2)7(5-12-8)9-3-6-4-10-13-11-6/h4,7,9H,3,5H2,1-2H3. The Morgan fingerprint density at radius 2 is 2.54 bits per heavy atom. The Bertz CT molecular complexity index is 271. The van der Waals surface area contributed by atoms with Gasteiger partial charge >= 0.3 is 0 Å². The second-order valence-corrected chi connectivity index (χ2v) is 5.98. The Hall–Kier alpha value is -0.130. The fraction of sp³-hybridized carbons (Fsp3) is 0.750. The van der Waals surface area contributed by atoms with Crippen LogP contribution in [0.25, 0.3) is 0 Å². The summed E-state index contributed by atoms with van der Waals surface area (Å²) in [5, 5.41) is 3.50. The monoisotopic (exact) mass is 215 g/mol. The molecular weight excluding hydrogens is 202 g/mol. The number of nitrogens with zero attached hydrogens (tertiary/aromatic N) is 2. The molecule has 72 valence electrons. The van der Waals surface area contributed by atoms with Crippen molar-refractivity contribution < 1.29 is 0 Å². The van der Waals surface area contributed by atoms with Crippen LogP contribution in [0.15, 0.2) is 6.20 Å². The third-order valence-electron chi connectivity index (χ3n) is 2.40. The third-order valence-corrected chi connectivity index (χ3v) is 4.44. The molecule has 0 radical (unpaired) electrons. The van der Waals surface area contributed by atoms with Crippen molar-refractivity contribution in [3.8, 4) is 0 Å². The Morgan fingerprint density at radius 3 is 3.00 bits per heavy atom. The van der Waals surface area contributed by atoms with Crippen molar-refractivity contribution in [2.45, 2.75) is 31.2 Å². The lowest BCUT2D eigenvalue weighted by molar-refractivity contribution is 0.434. The molecular formula is C8H13N3S2. The maximum atomic E-state index is 4.16. The molecule has 0 saturated carbocycles. The average molecular weight is 215 g/mol. The van der Waals surface area contributed by atoms with Crippen molar-refractivity contribution in [2.75, 3.05) is 5.75 Å². The normalized spacial score (nSPS) is 25.5. The molecule has 0 bridgehead atoms. The highest BCUT2D eigenvalue weighted by Gasteiger charge is 2.38. The molecule has 1 atom stereocenters. The Balaban J connectivity index is 1.81. The van der Waals surface area contributed by atoms with Crippen molar-refractivity contribution in [1.29, 1.82) is 0 Å². The lowest BCUT2D eigenvalue weighted by Gasteiger charge is -2.44. The fourth-order valence-electron chi connectivity index (χ4n) is 1.29. The molecule has 0 aliphatic carbocycles. The maximum Gasteiger partial charge on any atom is 0.0880 e. The second-order valence-electron chi connectivity index (χ2n) is 3.75. The molecule has 2 rings (SSSR count). The van der Waals surface area contributed by atoms with Gasteiger partial charge in [-0.2, -0.15) is 20.5 Å². The molecule has 2 heterocycles. The number of rotatable bonds is 3. The van der Waals surface area contributed by atoms with E-state index in [0.29, 0.717) is 10.8 Å². The van der Waals surface area contributed by atoms with Crippen LogP contribution in [0, 0.1) is 0 Å². The van der Waals surface area contributed by atoms with Crippen LogP contribution in [0.2, 0.25) is 0 Å². The number of thioether (sulfide) groups is 1. The summed E-state index contributed by atoms with van der Waals surface area (Å²) < 4.78 is 8.51. The minimum absolute atomic E-state index is 0.392. The summed E-state index contributed by atoms with van der Waals surface area (Å²) in [6, 6.07) is 0.624. The highest BCUT2D eigenvalue weighted by Crippen LogP contribution is 2.39. The van der Waals surface area contributed by atoms with E-state index in [0.717, 1.165) is 12.2 Å². The van der Waals surface area contributed by atoms with Gasteiger partial charge in [-0.15, -0.1) is 0 Å². The van der Waals surface area contributed by atoms with Crippen LogP contribution < -0.4 is 5.32 Å². The summed E-state index contributed by atoms with van der Waals surface area (Å²) in [5.41, 5.74) is 1.05. The van der Waals surface area contributed by atoms with Gasteiger partial charge in [-0.25, -0.2) is 0 Å². The van der Waals surface area contributed by atoms with Gasteiger partial charge in [-0.05, 0) is 13.8 Å². The van der Waals surface area contributed by atoms with Crippen LogP contribution >= 0.6 is 23.5 Å². The first-order chi connectivity index (χ1) is 6.18. The summed E-state index contributed by atoms with van der Waals surface area (Å²) in [6.07, 6.45) is 1.83. The minimum Gasteiger partial charge on any atom is -0.306 e. The van der Waals surface area contributed by atoms with E-state index in [-0.39, 0.29) is 0 Å². The number of nitrogens with one attached hydrogen (secondary N) is 1. The van der Waals surface area contributed by atoms with Crippen molar-refractivity contribution >= 4 is 23.5 Å². The lowest BCUT2D eigenvalue weighted by atomic mass is 10.0. The van der Waals surface area contributed by atoms with E-state index in [1.54, 1.807) is 0 Å². The average Bonchev–Trinajstić information content (AvgIpc) is 2.55. The van der Waals surface area contributed by atoms with E-state index in [4.69, 9.17) is 0 Å². The van der Waals surface area contributed by atoms with Gasteiger partial charge in [0.1, 0.15) is 0 Å². The van der Waals surface area contributed by atoms with Crippen LogP contribution in [-0.2, 0) is 6.54 Å². The summed E-state index contributed by atoms with van der Waals surface area (Å²) in [7, 11) is 0. The van der Waals surface area contributed by atoms with Crippen LogP contribution in [0.5, 0.6) is 0 Å². The fourth-order valence-corrected chi connectivity index (χ4v) is 2.93. The molecule has 3 nitrogen and oxygen atoms in total. The quantitative estimate of drug-likeness (QED) is 0.829. The zero-order valence-electron chi connectivity index (χ0n) is 7.78. The van der Waals surface area contributed by atoms with E-state index < -0.39 is 0 Å². The van der Waals surface area contributed by atoms with Crippen LogP contribution in [0.4, 0.5) is 0 Å². The molecule has 1 aromatic heterocycles.